The van der Waals surface area contributed by atoms with Crippen molar-refractivity contribution in [1.29, 1.82) is 5.41 Å². The van der Waals surface area contributed by atoms with Gasteiger partial charge in [-0.25, -0.2) is 0 Å². The summed E-state index contributed by atoms with van der Waals surface area (Å²) in [6, 6.07) is 7.88. The number of nitrogens with zero attached hydrogens (tertiary/aromatic N) is 2. The summed E-state index contributed by atoms with van der Waals surface area (Å²) < 4.78 is 7.25. The molecule has 0 atom stereocenters. The van der Waals surface area contributed by atoms with Crippen LogP contribution in [0.1, 0.15) is 36.4 Å². The Bertz CT molecular complexity index is 646. The molecule has 0 amide bonds. The first-order valence-corrected chi connectivity index (χ1v) is 7.15. The van der Waals surface area contributed by atoms with Crippen LogP contribution >= 0.6 is 0 Å². The molecule has 0 radical (unpaired) electrons. The van der Waals surface area contributed by atoms with Crippen molar-refractivity contribution in [3.63, 3.8) is 0 Å². The highest BCUT2D eigenvalue weighted by Gasteiger charge is 2.10. The predicted molar refractivity (Wildman–Crippen MR) is 84.1 cm³/mol. The van der Waals surface area contributed by atoms with E-state index in [0.717, 1.165) is 24.1 Å². The van der Waals surface area contributed by atoms with E-state index in [1.807, 2.05) is 22.9 Å². The van der Waals surface area contributed by atoms with Gasteiger partial charge >= 0.3 is 0 Å². The zero-order chi connectivity index (χ0) is 15.4. The zero-order valence-electron chi connectivity index (χ0n) is 12.8. The highest BCUT2D eigenvalue weighted by atomic mass is 16.5. The smallest absolute Gasteiger partial charge is 0.129 e. The average molecular weight is 286 g/mol. The van der Waals surface area contributed by atoms with Crippen LogP contribution < -0.4 is 10.5 Å². The van der Waals surface area contributed by atoms with Gasteiger partial charge in [0.15, 0.2) is 0 Å². The largest absolute Gasteiger partial charge is 0.496 e. The molecule has 2 aromatic rings. The molecule has 0 saturated heterocycles. The monoisotopic (exact) mass is 286 g/mol. The first kappa shape index (κ1) is 15.1. The van der Waals surface area contributed by atoms with Gasteiger partial charge in [-0.3, -0.25) is 10.1 Å². The third-order valence-corrected chi connectivity index (χ3v) is 3.52. The van der Waals surface area contributed by atoms with Gasteiger partial charge < -0.3 is 10.5 Å². The summed E-state index contributed by atoms with van der Waals surface area (Å²) in [7, 11) is 1.58. The van der Waals surface area contributed by atoms with Gasteiger partial charge in [-0.2, -0.15) is 5.10 Å². The van der Waals surface area contributed by atoms with Gasteiger partial charge in [0.25, 0.3) is 0 Å². The van der Waals surface area contributed by atoms with Gasteiger partial charge in [0.05, 0.1) is 24.9 Å². The summed E-state index contributed by atoms with van der Waals surface area (Å²) in [5, 5.41) is 12.3. The van der Waals surface area contributed by atoms with Crippen LogP contribution in [0.25, 0.3) is 0 Å². The standard InChI is InChI=1S/C16H22N4O/c1-4-12-9-13(5-2)20(19-12)10-11-6-7-15(21-3)14(8-11)16(17)18/h6-9H,4-5,10H2,1-3H3,(H3,17,18). The number of methoxy groups -OCH3 is 1. The van der Waals surface area contributed by atoms with E-state index in [1.54, 1.807) is 7.11 Å². The second kappa shape index (κ2) is 6.43. The first-order chi connectivity index (χ1) is 10.1. The normalized spacial score (nSPS) is 10.6. The summed E-state index contributed by atoms with van der Waals surface area (Å²) >= 11 is 0. The maximum atomic E-state index is 7.64. The van der Waals surface area contributed by atoms with Crippen molar-refractivity contribution < 1.29 is 4.74 Å². The maximum Gasteiger partial charge on any atom is 0.129 e. The molecule has 2 rings (SSSR count). The Kier molecular flexibility index (Phi) is 4.62. The Labute approximate surface area is 125 Å². The van der Waals surface area contributed by atoms with E-state index in [0.29, 0.717) is 17.9 Å². The molecular weight excluding hydrogens is 264 g/mol. The number of amidine groups is 1. The van der Waals surface area contributed by atoms with Crippen LogP contribution in [0.3, 0.4) is 0 Å². The van der Waals surface area contributed by atoms with Crippen molar-refractivity contribution in [2.75, 3.05) is 7.11 Å². The lowest BCUT2D eigenvalue weighted by Gasteiger charge is -2.11. The molecule has 0 aliphatic carbocycles. The van der Waals surface area contributed by atoms with Crippen LogP contribution in [0.5, 0.6) is 5.75 Å². The molecule has 0 bridgehead atoms. The van der Waals surface area contributed by atoms with Crippen molar-refractivity contribution in [2.24, 2.45) is 5.73 Å². The van der Waals surface area contributed by atoms with E-state index < -0.39 is 0 Å². The lowest BCUT2D eigenvalue weighted by Crippen LogP contribution is -2.14. The number of nitrogen functional groups attached to an aromatic ring is 1. The number of aryl methyl sites for hydroxylation is 2. The SMILES string of the molecule is CCc1cc(CC)n(Cc2ccc(OC)c(C(=N)N)c2)n1. The van der Waals surface area contributed by atoms with Gasteiger partial charge in [0.1, 0.15) is 11.6 Å². The molecule has 5 nitrogen and oxygen atoms in total. The molecule has 0 aliphatic rings. The fraction of sp³-hybridized carbons (Fsp3) is 0.375. The summed E-state index contributed by atoms with van der Waals surface area (Å²) in [6.45, 7) is 4.91. The molecule has 0 saturated carbocycles. The number of aromatic nitrogens is 2. The molecule has 0 aliphatic heterocycles. The highest BCUT2D eigenvalue weighted by molar-refractivity contribution is 5.97. The van der Waals surface area contributed by atoms with Crippen LogP contribution in [-0.2, 0) is 19.4 Å². The van der Waals surface area contributed by atoms with Crippen molar-refractivity contribution in [1.82, 2.24) is 9.78 Å². The quantitative estimate of drug-likeness (QED) is 0.632. The minimum absolute atomic E-state index is 0.0131. The fourth-order valence-electron chi connectivity index (χ4n) is 2.35. The molecule has 0 fully saturated rings. The van der Waals surface area contributed by atoms with Crippen LogP contribution in [0, 0.1) is 5.41 Å². The number of benzene rings is 1. The Hall–Kier alpha value is -2.30. The minimum Gasteiger partial charge on any atom is -0.496 e. The van der Waals surface area contributed by atoms with Gasteiger partial charge in [-0.05, 0) is 36.6 Å². The van der Waals surface area contributed by atoms with Crippen molar-refractivity contribution in [2.45, 2.75) is 33.2 Å². The first-order valence-electron chi connectivity index (χ1n) is 7.15. The average Bonchev–Trinajstić information content (AvgIpc) is 2.89. The van der Waals surface area contributed by atoms with Crippen molar-refractivity contribution >= 4 is 5.84 Å². The van der Waals surface area contributed by atoms with E-state index in [-0.39, 0.29) is 5.84 Å². The van der Waals surface area contributed by atoms with Gasteiger partial charge in [0, 0.05) is 5.69 Å². The second-order valence-corrected chi connectivity index (χ2v) is 4.94. The van der Waals surface area contributed by atoms with Crippen LogP contribution in [0.4, 0.5) is 0 Å². The number of ether oxygens (including phenoxy) is 1. The lowest BCUT2D eigenvalue weighted by atomic mass is 10.1. The van der Waals surface area contributed by atoms with Gasteiger partial charge in [-0.15, -0.1) is 0 Å². The van der Waals surface area contributed by atoms with Crippen LogP contribution in [0.2, 0.25) is 0 Å². The number of nitrogens with two attached hydrogens (primary N) is 1. The van der Waals surface area contributed by atoms with E-state index in [9.17, 15) is 0 Å². The number of rotatable bonds is 6. The van der Waals surface area contributed by atoms with E-state index in [1.165, 1.54) is 5.69 Å². The molecule has 1 aromatic carbocycles. The zero-order valence-corrected chi connectivity index (χ0v) is 12.8. The Balaban J connectivity index is 2.33. The topological polar surface area (TPSA) is 76.9 Å². The molecule has 0 spiro atoms. The maximum absolute atomic E-state index is 7.64. The van der Waals surface area contributed by atoms with Crippen molar-refractivity contribution in [3.8, 4) is 5.75 Å². The highest BCUT2D eigenvalue weighted by Crippen LogP contribution is 2.20. The third-order valence-electron chi connectivity index (χ3n) is 3.52. The second-order valence-electron chi connectivity index (χ2n) is 4.94. The summed E-state index contributed by atoms with van der Waals surface area (Å²) in [5.41, 5.74) is 9.61. The Morgan fingerprint density at radius 3 is 2.62 bits per heavy atom. The fourth-order valence-corrected chi connectivity index (χ4v) is 2.35. The molecule has 3 N–H and O–H groups in total. The Morgan fingerprint density at radius 2 is 2.05 bits per heavy atom. The lowest BCUT2D eigenvalue weighted by molar-refractivity contribution is 0.413. The molecule has 1 aromatic heterocycles. The summed E-state index contributed by atoms with van der Waals surface area (Å²) in [6.07, 6.45) is 1.88. The summed E-state index contributed by atoms with van der Waals surface area (Å²) in [4.78, 5) is 0. The molecule has 1 heterocycles. The van der Waals surface area contributed by atoms with Crippen molar-refractivity contribution in [3.05, 3.63) is 46.8 Å². The molecule has 112 valence electrons. The summed E-state index contributed by atoms with van der Waals surface area (Å²) in [5.74, 6) is 0.635. The molecule has 21 heavy (non-hydrogen) atoms. The predicted octanol–water partition coefficient (Wildman–Crippen LogP) is 2.35. The third kappa shape index (κ3) is 3.24. The number of hydrogen-bond acceptors (Lipinski definition) is 3. The van der Waals surface area contributed by atoms with Gasteiger partial charge in [-0.1, -0.05) is 19.9 Å². The Morgan fingerprint density at radius 1 is 1.29 bits per heavy atom. The van der Waals surface area contributed by atoms with Crippen LogP contribution in [-0.4, -0.2) is 22.7 Å². The van der Waals surface area contributed by atoms with Gasteiger partial charge in [0.2, 0.25) is 0 Å². The van der Waals surface area contributed by atoms with E-state index in [2.05, 4.69) is 25.0 Å². The van der Waals surface area contributed by atoms with Crippen LogP contribution in [0.15, 0.2) is 24.3 Å². The number of hydrogen-bond donors (Lipinski definition) is 2. The van der Waals surface area contributed by atoms with E-state index in [4.69, 9.17) is 15.9 Å². The molecule has 5 heteroatoms. The minimum atomic E-state index is 0.0131. The van der Waals surface area contributed by atoms with E-state index >= 15 is 0 Å². The molecular formula is C16H22N4O. The number of nitrogens with one attached hydrogen (secondary N) is 1. The molecule has 0 unspecified atom stereocenters.